The molecule has 2 aromatic rings. The van der Waals surface area contributed by atoms with Crippen molar-refractivity contribution in [2.75, 3.05) is 0 Å². The Morgan fingerprint density at radius 1 is 1.28 bits per heavy atom. The number of hydrogen-bond donors (Lipinski definition) is 1. The lowest BCUT2D eigenvalue weighted by Crippen LogP contribution is -2.14. The first-order chi connectivity index (χ1) is 8.72. The standard InChI is InChI=1S/C14H13NO3/c16-14(17)10-3-4-11-7-15(8-12(11)6-10)9-13-2-1-5-18-13/h1-6H,7-9H2,(H,16,17). The first-order valence-corrected chi connectivity index (χ1v) is 5.82. The lowest BCUT2D eigenvalue weighted by Gasteiger charge is -2.12. The van der Waals surface area contributed by atoms with E-state index in [0.29, 0.717) is 5.56 Å². The highest BCUT2D eigenvalue weighted by atomic mass is 16.4. The Balaban J connectivity index is 1.77. The van der Waals surface area contributed by atoms with Crippen LogP contribution in [0.2, 0.25) is 0 Å². The van der Waals surface area contributed by atoms with Gasteiger partial charge in [-0.3, -0.25) is 4.90 Å². The quantitative estimate of drug-likeness (QED) is 0.899. The lowest BCUT2D eigenvalue weighted by atomic mass is 10.1. The monoisotopic (exact) mass is 243 g/mol. The van der Waals surface area contributed by atoms with Crippen LogP contribution in [-0.2, 0) is 19.6 Å². The van der Waals surface area contributed by atoms with Crippen molar-refractivity contribution in [2.24, 2.45) is 0 Å². The van der Waals surface area contributed by atoms with Crippen molar-refractivity contribution in [3.05, 3.63) is 59.0 Å². The molecule has 4 nitrogen and oxygen atoms in total. The van der Waals surface area contributed by atoms with Crippen molar-refractivity contribution < 1.29 is 14.3 Å². The number of fused-ring (bicyclic) bond motifs is 1. The number of carboxylic acids is 1. The van der Waals surface area contributed by atoms with Gasteiger partial charge in [0, 0.05) is 13.1 Å². The van der Waals surface area contributed by atoms with Gasteiger partial charge >= 0.3 is 5.97 Å². The van der Waals surface area contributed by atoms with Crippen molar-refractivity contribution in [3.63, 3.8) is 0 Å². The summed E-state index contributed by atoms with van der Waals surface area (Å²) >= 11 is 0. The molecule has 1 aromatic carbocycles. The fourth-order valence-corrected chi connectivity index (χ4v) is 2.33. The minimum Gasteiger partial charge on any atom is -0.478 e. The molecule has 0 unspecified atom stereocenters. The third-order valence-electron chi connectivity index (χ3n) is 3.20. The van der Waals surface area contributed by atoms with Crippen LogP contribution in [0.25, 0.3) is 0 Å². The van der Waals surface area contributed by atoms with E-state index in [2.05, 4.69) is 4.90 Å². The van der Waals surface area contributed by atoms with Crippen LogP contribution < -0.4 is 0 Å². The van der Waals surface area contributed by atoms with Crippen LogP contribution in [-0.4, -0.2) is 16.0 Å². The summed E-state index contributed by atoms with van der Waals surface area (Å²) in [6, 6.07) is 9.16. The van der Waals surface area contributed by atoms with E-state index in [9.17, 15) is 4.79 Å². The number of aromatic carboxylic acids is 1. The van der Waals surface area contributed by atoms with E-state index in [4.69, 9.17) is 9.52 Å². The van der Waals surface area contributed by atoms with Gasteiger partial charge in [-0.1, -0.05) is 6.07 Å². The number of carbonyl (C=O) groups is 1. The van der Waals surface area contributed by atoms with Gasteiger partial charge in [0.1, 0.15) is 5.76 Å². The van der Waals surface area contributed by atoms with E-state index in [1.165, 1.54) is 5.56 Å². The van der Waals surface area contributed by atoms with Crippen molar-refractivity contribution >= 4 is 5.97 Å². The SMILES string of the molecule is O=C(O)c1ccc2c(c1)CN(Cc1ccco1)C2. The highest BCUT2D eigenvalue weighted by Gasteiger charge is 2.20. The van der Waals surface area contributed by atoms with Gasteiger partial charge in [-0.2, -0.15) is 0 Å². The van der Waals surface area contributed by atoms with Crippen molar-refractivity contribution in [1.82, 2.24) is 4.90 Å². The summed E-state index contributed by atoms with van der Waals surface area (Å²) in [6.07, 6.45) is 1.67. The topological polar surface area (TPSA) is 53.7 Å². The predicted octanol–water partition coefficient (Wildman–Crippen LogP) is 2.49. The molecule has 1 aliphatic rings. The van der Waals surface area contributed by atoms with Gasteiger partial charge in [-0.25, -0.2) is 4.79 Å². The molecule has 0 spiro atoms. The third kappa shape index (κ3) is 2.02. The zero-order valence-electron chi connectivity index (χ0n) is 9.80. The lowest BCUT2D eigenvalue weighted by molar-refractivity contribution is 0.0696. The van der Waals surface area contributed by atoms with E-state index < -0.39 is 5.97 Å². The van der Waals surface area contributed by atoms with E-state index >= 15 is 0 Å². The molecule has 0 atom stereocenters. The smallest absolute Gasteiger partial charge is 0.335 e. The summed E-state index contributed by atoms with van der Waals surface area (Å²) in [5.41, 5.74) is 2.65. The Morgan fingerprint density at radius 2 is 2.11 bits per heavy atom. The Morgan fingerprint density at radius 3 is 2.83 bits per heavy atom. The molecule has 4 heteroatoms. The van der Waals surface area contributed by atoms with Gasteiger partial charge in [0.2, 0.25) is 0 Å². The Hall–Kier alpha value is -2.07. The van der Waals surface area contributed by atoms with Crippen LogP contribution in [0.5, 0.6) is 0 Å². The second kappa shape index (κ2) is 4.31. The summed E-state index contributed by atoms with van der Waals surface area (Å²) in [5.74, 6) is 0.0588. The molecule has 0 aliphatic carbocycles. The molecule has 18 heavy (non-hydrogen) atoms. The first-order valence-electron chi connectivity index (χ1n) is 5.82. The van der Waals surface area contributed by atoms with Crippen LogP contribution in [0.1, 0.15) is 27.2 Å². The third-order valence-corrected chi connectivity index (χ3v) is 3.20. The van der Waals surface area contributed by atoms with E-state index in [1.807, 2.05) is 18.2 Å². The van der Waals surface area contributed by atoms with Gasteiger partial charge in [-0.15, -0.1) is 0 Å². The van der Waals surface area contributed by atoms with Gasteiger partial charge < -0.3 is 9.52 Å². The van der Waals surface area contributed by atoms with Crippen molar-refractivity contribution in [3.8, 4) is 0 Å². The summed E-state index contributed by atoms with van der Waals surface area (Å²) in [6.45, 7) is 2.37. The molecule has 0 amide bonds. The predicted molar refractivity (Wildman–Crippen MR) is 65.1 cm³/mol. The van der Waals surface area contributed by atoms with Gasteiger partial charge in [0.15, 0.2) is 0 Å². The maximum atomic E-state index is 10.9. The first kappa shape index (κ1) is 11.0. The average molecular weight is 243 g/mol. The minimum absolute atomic E-state index is 0.355. The Bertz CT molecular complexity index is 575. The van der Waals surface area contributed by atoms with Gasteiger partial charge in [0.25, 0.3) is 0 Å². The normalized spacial score (nSPS) is 14.7. The molecular formula is C14H13NO3. The molecule has 0 bridgehead atoms. The van der Waals surface area contributed by atoms with Gasteiger partial charge in [-0.05, 0) is 35.4 Å². The fraction of sp³-hybridized carbons (Fsp3) is 0.214. The molecular weight excluding hydrogens is 230 g/mol. The molecule has 0 fully saturated rings. The zero-order chi connectivity index (χ0) is 12.5. The summed E-state index contributed by atoms with van der Waals surface area (Å²) < 4.78 is 5.32. The second-order valence-corrected chi connectivity index (χ2v) is 4.51. The number of hydrogen-bond acceptors (Lipinski definition) is 3. The van der Waals surface area contributed by atoms with Crippen LogP contribution in [0.4, 0.5) is 0 Å². The zero-order valence-corrected chi connectivity index (χ0v) is 9.80. The number of carboxylic acid groups (broad SMARTS) is 1. The van der Waals surface area contributed by atoms with Gasteiger partial charge in [0.05, 0.1) is 18.4 Å². The second-order valence-electron chi connectivity index (χ2n) is 4.51. The maximum Gasteiger partial charge on any atom is 0.335 e. The van der Waals surface area contributed by atoms with Crippen LogP contribution >= 0.6 is 0 Å². The molecule has 0 saturated heterocycles. The Kier molecular flexibility index (Phi) is 2.64. The fourth-order valence-electron chi connectivity index (χ4n) is 2.33. The van der Waals surface area contributed by atoms with Crippen molar-refractivity contribution in [1.29, 1.82) is 0 Å². The molecule has 1 aromatic heterocycles. The van der Waals surface area contributed by atoms with Crippen LogP contribution in [0.15, 0.2) is 41.0 Å². The summed E-state index contributed by atoms with van der Waals surface area (Å²) in [5, 5.41) is 8.96. The summed E-state index contributed by atoms with van der Waals surface area (Å²) in [7, 11) is 0. The average Bonchev–Trinajstić information content (AvgIpc) is 2.96. The molecule has 1 N–H and O–H groups in total. The minimum atomic E-state index is -0.873. The molecule has 1 aliphatic heterocycles. The highest BCUT2D eigenvalue weighted by molar-refractivity contribution is 5.87. The van der Waals surface area contributed by atoms with Crippen molar-refractivity contribution in [2.45, 2.75) is 19.6 Å². The number of benzene rings is 1. The number of rotatable bonds is 3. The summed E-state index contributed by atoms with van der Waals surface area (Å²) in [4.78, 5) is 13.1. The molecule has 92 valence electrons. The largest absolute Gasteiger partial charge is 0.478 e. The van der Waals surface area contributed by atoms with Crippen LogP contribution in [0, 0.1) is 0 Å². The highest BCUT2D eigenvalue weighted by Crippen LogP contribution is 2.25. The number of furan rings is 1. The van der Waals surface area contributed by atoms with Crippen LogP contribution in [0.3, 0.4) is 0 Å². The molecule has 2 heterocycles. The maximum absolute atomic E-state index is 10.9. The molecule has 0 radical (unpaired) electrons. The van der Waals surface area contributed by atoms with E-state index in [0.717, 1.165) is 31.0 Å². The number of nitrogens with zero attached hydrogens (tertiary/aromatic N) is 1. The Labute approximate surface area is 104 Å². The van der Waals surface area contributed by atoms with E-state index in [1.54, 1.807) is 18.4 Å². The molecule has 0 saturated carbocycles. The van der Waals surface area contributed by atoms with E-state index in [-0.39, 0.29) is 0 Å². The molecule has 3 rings (SSSR count).